The first-order valence-corrected chi connectivity index (χ1v) is 6.76. The summed E-state index contributed by atoms with van der Waals surface area (Å²) in [5.41, 5.74) is 8.42. The smallest absolute Gasteiger partial charge is 0.113 e. The highest BCUT2D eigenvalue weighted by atomic mass is 32.1. The fourth-order valence-corrected chi connectivity index (χ4v) is 2.55. The van der Waals surface area contributed by atoms with Crippen LogP contribution < -0.4 is 5.73 Å². The average molecular weight is 249 g/mol. The number of hydrogen-bond acceptors (Lipinski definition) is 3. The maximum Gasteiger partial charge on any atom is 0.113 e. The second kappa shape index (κ2) is 5.02. The van der Waals surface area contributed by atoms with E-state index in [2.05, 4.69) is 47.2 Å². The van der Waals surface area contributed by atoms with Gasteiger partial charge in [0.15, 0.2) is 0 Å². The first-order chi connectivity index (χ1) is 8.06. The monoisotopic (exact) mass is 249 g/mol. The van der Waals surface area contributed by atoms with Gasteiger partial charge in [0, 0.05) is 29.5 Å². The van der Waals surface area contributed by atoms with Crippen molar-refractivity contribution in [3.05, 3.63) is 40.1 Å². The summed E-state index contributed by atoms with van der Waals surface area (Å²) in [5.74, 6) is 0.466. The Morgan fingerprint density at radius 2 is 2.24 bits per heavy atom. The Balaban J connectivity index is 2.08. The van der Waals surface area contributed by atoms with Crippen molar-refractivity contribution in [2.24, 2.45) is 11.7 Å². The van der Waals surface area contributed by atoms with Gasteiger partial charge in [-0.2, -0.15) is 0 Å². The van der Waals surface area contributed by atoms with E-state index >= 15 is 0 Å². The zero-order valence-corrected chi connectivity index (χ0v) is 11.4. The van der Waals surface area contributed by atoms with Crippen LogP contribution in [0, 0.1) is 12.8 Å². The standard InChI is InChI=1S/C13H19N3S/c1-9(2)13(14)11-4-5-16(6-11)7-12-15-10(3)8-17-12/h4-6,8-9,13H,7,14H2,1-3H3. The molecule has 2 heterocycles. The molecule has 2 aromatic rings. The molecule has 3 nitrogen and oxygen atoms in total. The minimum Gasteiger partial charge on any atom is -0.347 e. The molecule has 0 radical (unpaired) electrons. The second-order valence-corrected chi connectivity index (χ2v) is 5.71. The zero-order valence-electron chi connectivity index (χ0n) is 10.6. The molecule has 0 amide bonds. The molecular weight excluding hydrogens is 230 g/mol. The summed E-state index contributed by atoms with van der Waals surface area (Å²) >= 11 is 1.71. The van der Waals surface area contributed by atoms with Crippen molar-refractivity contribution < 1.29 is 0 Å². The van der Waals surface area contributed by atoms with Crippen molar-refractivity contribution in [3.63, 3.8) is 0 Å². The van der Waals surface area contributed by atoms with E-state index in [1.165, 1.54) is 5.56 Å². The maximum absolute atomic E-state index is 6.12. The lowest BCUT2D eigenvalue weighted by molar-refractivity contribution is 0.513. The summed E-state index contributed by atoms with van der Waals surface area (Å²) in [4.78, 5) is 4.46. The van der Waals surface area contributed by atoms with Crippen LogP contribution in [0.15, 0.2) is 23.8 Å². The van der Waals surface area contributed by atoms with Gasteiger partial charge in [0.25, 0.3) is 0 Å². The Morgan fingerprint density at radius 1 is 1.47 bits per heavy atom. The number of rotatable bonds is 4. The first kappa shape index (κ1) is 12.3. The fourth-order valence-electron chi connectivity index (χ4n) is 1.77. The van der Waals surface area contributed by atoms with Crippen LogP contribution in [0.3, 0.4) is 0 Å². The van der Waals surface area contributed by atoms with Crippen LogP contribution in [0.25, 0.3) is 0 Å². The van der Waals surface area contributed by atoms with Gasteiger partial charge in [-0.05, 0) is 24.5 Å². The van der Waals surface area contributed by atoms with E-state index in [1.807, 2.05) is 6.92 Å². The van der Waals surface area contributed by atoms with Crippen LogP contribution in [0.2, 0.25) is 0 Å². The average Bonchev–Trinajstić information content (AvgIpc) is 2.87. The molecule has 2 aromatic heterocycles. The van der Waals surface area contributed by atoms with Crippen LogP contribution in [0.4, 0.5) is 0 Å². The van der Waals surface area contributed by atoms with E-state index in [0.29, 0.717) is 5.92 Å². The molecule has 92 valence electrons. The van der Waals surface area contributed by atoms with Gasteiger partial charge in [-0.25, -0.2) is 4.98 Å². The Kier molecular flexibility index (Phi) is 3.64. The molecule has 0 bridgehead atoms. The molecule has 4 heteroatoms. The highest BCUT2D eigenvalue weighted by Gasteiger charge is 2.11. The van der Waals surface area contributed by atoms with Crippen molar-refractivity contribution in [1.82, 2.24) is 9.55 Å². The van der Waals surface area contributed by atoms with Gasteiger partial charge in [0.05, 0.1) is 6.54 Å². The lowest BCUT2D eigenvalue weighted by Gasteiger charge is -2.13. The number of aromatic nitrogens is 2. The zero-order chi connectivity index (χ0) is 12.4. The van der Waals surface area contributed by atoms with Crippen molar-refractivity contribution >= 4 is 11.3 Å². The maximum atomic E-state index is 6.12. The van der Waals surface area contributed by atoms with E-state index < -0.39 is 0 Å². The first-order valence-electron chi connectivity index (χ1n) is 5.88. The van der Waals surface area contributed by atoms with Gasteiger partial charge in [0.1, 0.15) is 5.01 Å². The van der Waals surface area contributed by atoms with E-state index in [1.54, 1.807) is 11.3 Å². The summed E-state index contributed by atoms with van der Waals surface area (Å²) in [6.07, 6.45) is 4.20. The van der Waals surface area contributed by atoms with Crippen LogP contribution in [0.5, 0.6) is 0 Å². The molecule has 0 aliphatic carbocycles. The molecule has 2 N–H and O–H groups in total. The number of hydrogen-bond donors (Lipinski definition) is 1. The molecule has 1 unspecified atom stereocenters. The molecule has 0 saturated heterocycles. The van der Waals surface area contributed by atoms with Crippen LogP contribution in [-0.4, -0.2) is 9.55 Å². The van der Waals surface area contributed by atoms with E-state index in [0.717, 1.165) is 17.2 Å². The summed E-state index contributed by atoms with van der Waals surface area (Å²) in [5, 5.41) is 3.22. The van der Waals surface area contributed by atoms with Crippen molar-refractivity contribution in [1.29, 1.82) is 0 Å². The molecule has 0 aliphatic heterocycles. The largest absolute Gasteiger partial charge is 0.347 e. The molecular formula is C13H19N3S. The molecule has 17 heavy (non-hydrogen) atoms. The molecule has 0 aliphatic rings. The van der Waals surface area contributed by atoms with Gasteiger partial charge in [0.2, 0.25) is 0 Å². The van der Waals surface area contributed by atoms with Crippen LogP contribution in [-0.2, 0) is 6.54 Å². The van der Waals surface area contributed by atoms with Crippen molar-refractivity contribution in [2.45, 2.75) is 33.4 Å². The van der Waals surface area contributed by atoms with E-state index in [-0.39, 0.29) is 6.04 Å². The molecule has 0 fully saturated rings. The highest BCUT2D eigenvalue weighted by molar-refractivity contribution is 7.09. The molecule has 0 spiro atoms. The number of thiazole rings is 1. The lowest BCUT2D eigenvalue weighted by Crippen LogP contribution is -2.15. The molecule has 2 rings (SSSR count). The second-order valence-electron chi connectivity index (χ2n) is 4.77. The fraction of sp³-hybridized carbons (Fsp3) is 0.462. The van der Waals surface area contributed by atoms with Crippen molar-refractivity contribution in [3.8, 4) is 0 Å². The Bertz CT molecular complexity index is 484. The lowest BCUT2D eigenvalue weighted by atomic mass is 10.00. The topological polar surface area (TPSA) is 43.8 Å². The third kappa shape index (κ3) is 2.96. The van der Waals surface area contributed by atoms with Gasteiger partial charge in [-0.3, -0.25) is 0 Å². The summed E-state index contributed by atoms with van der Waals surface area (Å²) < 4.78 is 2.15. The minimum atomic E-state index is 0.120. The summed E-state index contributed by atoms with van der Waals surface area (Å²) in [6, 6.07) is 2.22. The molecule has 0 saturated carbocycles. The molecule has 1 atom stereocenters. The highest BCUT2D eigenvalue weighted by Crippen LogP contribution is 2.20. The van der Waals surface area contributed by atoms with Gasteiger partial charge < -0.3 is 10.3 Å². The van der Waals surface area contributed by atoms with E-state index in [9.17, 15) is 0 Å². The summed E-state index contributed by atoms with van der Waals surface area (Å²) in [6.45, 7) is 7.15. The number of aryl methyl sites for hydroxylation is 1. The van der Waals surface area contributed by atoms with Crippen LogP contribution >= 0.6 is 11.3 Å². The number of nitrogens with zero attached hydrogens (tertiary/aromatic N) is 2. The Labute approximate surface area is 106 Å². The summed E-state index contributed by atoms with van der Waals surface area (Å²) in [7, 11) is 0. The third-order valence-corrected chi connectivity index (χ3v) is 3.81. The van der Waals surface area contributed by atoms with Crippen molar-refractivity contribution in [2.75, 3.05) is 0 Å². The van der Waals surface area contributed by atoms with E-state index in [4.69, 9.17) is 5.73 Å². The minimum absolute atomic E-state index is 0.120. The quantitative estimate of drug-likeness (QED) is 0.905. The Morgan fingerprint density at radius 3 is 2.82 bits per heavy atom. The Hall–Kier alpha value is -1.13. The number of nitrogens with two attached hydrogens (primary N) is 1. The van der Waals surface area contributed by atoms with Gasteiger partial charge >= 0.3 is 0 Å². The van der Waals surface area contributed by atoms with Gasteiger partial charge in [-0.1, -0.05) is 13.8 Å². The third-order valence-electron chi connectivity index (χ3n) is 2.86. The van der Waals surface area contributed by atoms with Crippen LogP contribution in [0.1, 0.15) is 36.2 Å². The SMILES string of the molecule is Cc1csc(Cn2ccc(C(N)C(C)C)c2)n1. The predicted octanol–water partition coefficient (Wildman–Crippen LogP) is 2.96. The molecule has 0 aromatic carbocycles. The normalized spacial score (nSPS) is 13.2. The predicted molar refractivity (Wildman–Crippen MR) is 72.2 cm³/mol. The van der Waals surface area contributed by atoms with Gasteiger partial charge in [-0.15, -0.1) is 11.3 Å².